The van der Waals surface area contributed by atoms with E-state index in [0.29, 0.717) is 6.61 Å². The molecule has 3 heteroatoms. The Labute approximate surface area is 80.0 Å². The first kappa shape index (κ1) is 14.3. The number of aliphatic hydroxyl groups excluding tert-OH is 1. The third-order valence-electron chi connectivity index (χ3n) is 0.981. The maximum atomic E-state index is 8.28. The lowest BCUT2D eigenvalue weighted by molar-refractivity contribution is 0.220. The van der Waals surface area contributed by atoms with Gasteiger partial charge in [0.05, 0.1) is 25.4 Å². The molecule has 0 saturated carbocycles. The number of ether oxygens (including phenoxy) is 2. The summed E-state index contributed by atoms with van der Waals surface area (Å²) in [4.78, 5) is 0. The minimum atomic E-state index is 0.250. The standard InChI is InChI=1S/C6H12O2.C4H6O/c1-2-8-6-4-3-5-7;1-3-5-4-2/h2,7H,1,3-6H2;3-4H,1-2H2. The minimum absolute atomic E-state index is 0.250. The van der Waals surface area contributed by atoms with Crippen LogP contribution in [-0.4, -0.2) is 18.3 Å². The van der Waals surface area contributed by atoms with E-state index < -0.39 is 0 Å². The molecule has 0 amide bonds. The Morgan fingerprint density at radius 3 is 1.92 bits per heavy atom. The lowest BCUT2D eigenvalue weighted by Gasteiger charge is -1.95. The summed E-state index contributed by atoms with van der Waals surface area (Å²) in [6.07, 6.45) is 5.76. The van der Waals surface area contributed by atoms with E-state index >= 15 is 0 Å². The molecule has 0 heterocycles. The molecule has 13 heavy (non-hydrogen) atoms. The van der Waals surface area contributed by atoms with Crippen molar-refractivity contribution in [2.24, 2.45) is 0 Å². The van der Waals surface area contributed by atoms with E-state index in [2.05, 4.69) is 24.5 Å². The molecule has 0 aliphatic rings. The molecule has 0 aromatic carbocycles. The average molecular weight is 186 g/mol. The summed E-state index contributed by atoms with van der Waals surface area (Å²) in [5, 5.41) is 8.28. The first-order valence-corrected chi connectivity index (χ1v) is 4.04. The largest absolute Gasteiger partial charge is 0.502 e. The molecule has 0 atom stereocenters. The van der Waals surface area contributed by atoms with Crippen LogP contribution in [0, 0.1) is 0 Å². The Bertz CT molecular complexity index is 115. The maximum absolute atomic E-state index is 8.28. The lowest BCUT2D eigenvalue weighted by atomic mass is 10.3. The van der Waals surface area contributed by atoms with Gasteiger partial charge in [-0.05, 0) is 12.8 Å². The normalized spacial score (nSPS) is 7.46. The van der Waals surface area contributed by atoms with Crippen LogP contribution in [0.5, 0.6) is 0 Å². The van der Waals surface area contributed by atoms with Crippen molar-refractivity contribution >= 4 is 0 Å². The first-order valence-electron chi connectivity index (χ1n) is 4.04. The second-order valence-corrected chi connectivity index (χ2v) is 1.94. The average Bonchev–Trinajstić information content (AvgIpc) is 2.15. The molecule has 0 saturated heterocycles. The Morgan fingerprint density at radius 1 is 1.00 bits per heavy atom. The van der Waals surface area contributed by atoms with Gasteiger partial charge in [-0.3, -0.25) is 0 Å². The Kier molecular flexibility index (Phi) is 18.8. The van der Waals surface area contributed by atoms with Crippen molar-refractivity contribution in [1.82, 2.24) is 0 Å². The van der Waals surface area contributed by atoms with E-state index in [0.717, 1.165) is 12.8 Å². The molecule has 0 aliphatic heterocycles. The van der Waals surface area contributed by atoms with Crippen molar-refractivity contribution in [3.8, 4) is 0 Å². The van der Waals surface area contributed by atoms with Gasteiger partial charge in [-0.15, -0.1) is 0 Å². The van der Waals surface area contributed by atoms with Crippen LogP contribution in [0.1, 0.15) is 12.8 Å². The summed E-state index contributed by atoms with van der Waals surface area (Å²) in [5.74, 6) is 0. The van der Waals surface area contributed by atoms with Gasteiger partial charge in [0.25, 0.3) is 0 Å². The molecular formula is C10H18O3. The van der Waals surface area contributed by atoms with E-state index in [9.17, 15) is 0 Å². The topological polar surface area (TPSA) is 38.7 Å². The van der Waals surface area contributed by atoms with Crippen molar-refractivity contribution in [1.29, 1.82) is 0 Å². The Balaban J connectivity index is 0. The number of unbranched alkanes of at least 4 members (excludes halogenated alkanes) is 1. The van der Waals surface area contributed by atoms with Crippen molar-refractivity contribution < 1.29 is 14.6 Å². The zero-order valence-electron chi connectivity index (χ0n) is 7.95. The van der Waals surface area contributed by atoms with E-state index in [4.69, 9.17) is 9.84 Å². The van der Waals surface area contributed by atoms with Crippen molar-refractivity contribution in [3.05, 3.63) is 38.5 Å². The van der Waals surface area contributed by atoms with Gasteiger partial charge in [0, 0.05) is 6.61 Å². The predicted octanol–water partition coefficient (Wildman–Crippen LogP) is 2.21. The smallest absolute Gasteiger partial charge is 0.0873 e. The van der Waals surface area contributed by atoms with Gasteiger partial charge in [0.2, 0.25) is 0 Å². The molecule has 0 fully saturated rings. The summed E-state index contributed by atoms with van der Waals surface area (Å²) >= 11 is 0. The van der Waals surface area contributed by atoms with E-state index in [-0.39, 0.29) is 6.61 Å². The molecule has 0 unspecified atom stereocenters. The van der Waals surface area contributed by atoms with Crippen LogP contribution in [0.2, 0.25) is 0 Å². The molecule has 0 aromatic rings. The van der Waals surface area contributed by atoms with Crippen LogP contribution >= 0.6 is 0 Å². The summed E-state index contributed by atoms with van der Waals surface area (Å²) in [7, 11) is 0. The molecule has 76 valence electrons. The summed E-state index contributed by atoms with van der Waals surface area (Å²) in [5.41, 5.74) is 0. The summed E-state index contributed by atoms with van der Waals surface area (Å²) in [6, 6.07) is 0. The quantitative estimate of drug-likeness (QED) is 0.489. The second-order valence-electron chi connectivity index (χ2n) is 1.94. The van der Waals surface area contributed by atoms with Crippen LogP contribution in [-0.2, 0) is 9.47 Å². The fraction of sp³-hybridized carbons (Fsp3) is 0.400. The van der Waals surface area contributed by atoms with Crippen molar-refractivity contribution in [3.63, 3.8) is 0 Å². The lowest BCUT2D eigenvalue weighted by Crippen LogP contribution is -1.89. The van der Waals surface area contributed by atoms with Gasteiger partial charge in [-0.2, -0.15) is 0 Å². The number of rotatable bonds is 7. The van der Waals surface area contributed by atoms with Gasteiger partial charge in [-0.25, -0.2) is 0 Å². The van der Waals surface area contributed by atoms with Crippen molar-refractivity contribution in [2.45, 2.75) is 12.8 Å². The highest BCUT2D eigenvalue weighted by molar-refractivity contribution is 4.57. The van der Waals surface area contributed by atoms with Crippen LogP contribution < -0.4 is 0 Å². The van der Waals surface area contributed by atoms with Crippen LogP contribution in [0.4, 0.5) is 0 Å². The molecular weight excluding hydrogens is 168 g/mol. The molecule has 0 rings (SSSR count). The highest BCUT2D eigenvalue weighted by Crippen LogP contribution is 1.87. The van der Waals surface area contributed by atoms with E-state index in [1.54, 1.807) is 0 Å². The second kappa shape index (κ2) is 17.0. The van der Waals surface area contributed by atoms with Gasteiger partial charge in [0.15, 0.2) is 0 Å². The SMILES string of the molecule is C=COC=C.C=COCCCCO. The first-order chi connectivity index (χ1) is 6.33. The fourth-order valence-corrected chi connectivity index (χ4v) is 0.449. The molecule has 1 N–H and O–H groups in total. The van der Waals surface area contributed by atoms with Gasteiger partial charge < -0.3 is 14.6 Å². The fourth-order valence-electron chi connectivity index (χ4n) is 0.449. The molecule has 0 radical (unpaired) electrons. The third kappa shape index (κ3) is 24.9. The van der Waals surface area contributed by atoms with Crippen LogP contribution in [0.3, 0.4) is 0 Å². The minimum Gasteiger partial charge on any atom is -0.502 e. The third-order valence-corrected chi connectivity index (χ3v) is 0.981. The highest BCUT2D eigenvalue weighted by atomic mass is 16.5. The molecule has 0 aromatic heterocycles. The molecule has 0 spiro atoms. The zero-order valence-corrected chi connectivity index (χ0v) is 7.95. The van der Waals surface area contributed by atoms with Gasteiger partial charge >= 0.3 is 0 Å². The Morgan fingerprint density at radius 2 is 1.62 bits per heavy atom. The molecule has 0 aliphatic carbocycles. The molecule has 0 bridgehead atoms. The van der Waals surface area contributed by atoms with Crippen LogP contribution in [0.25, 0.3) is 0 Å². The van der Waals surface area contributed by atoms with Crippen molar-refractivity contribution in [2.75, 3.05) is 13.2 Å². The number of hydrogen-bond donors (Lipinski definition) is 1. The Hall–Kier alpha value is -1.22. The van der Waals surface area contributed by atoms with E-state index in [1.807, 2.05) is 0 Å². The predicted molar refractivity (Wildman–Crippen MR) is 53.9 cm³/mol. The summed E-state index contributed by atoms with van der Waals surface area (Å²) in [6.45, 7) is 10.8. The molecule has 3 nitrogen and oxygen atoms in total. The summed E-state index contributed by atoms with van der Waals surface area (Å²) < 4.78 is 9.15. The highest BCUT2D eigenvalue weighted by Gasteiger charge is 1.81. The monoisotopic (exact) mass is 186 g/mol. The van der Waals surface area contributed by atoms with E-state index in [1.165, 1.54) is 18.8 Å². The number of hydrogen-bond acceptors (Lipinski definition) is 3. The van der Waals surface area contributed by atoms with Crippen LogP contribution in [0.15, 0.2) is 38.5 Å². The zero-order chi connectivity index (χ0) is 10.4. The van der Waals surface area contributed by atoms with Gasteiger partial charge in [0.1, 0.15) is 0 Å². The van der Waals surface area contributed by atoms with Gasteiger partial charge in [-0.1, -0.05) is 19.7 Å². The maximum Gasteiger partial charge on any atom is 0.0873 e. The number of aliphatic hydroxyl groups is 1.